The summed E-state index contributed by atoms with van der Waals surface area (Å²) >= 11 is 5.99. The van der Waals surface area contributed by atoms with E-state index >= 15 is 0 Å². The number of nitrogens with zero attached hydrogens (tertiary/aromatic N) is 2. The molecule has 1 amide bonds. The number of nitrogens with one attached hydrogen (secondary N) is 1. The largest absolute Gasteiger partial charge is 0.348 e. The molecule has 0 spiro atoms. The van der Waals surface area contributed by atoms with E-state index in [9.17, 15) is 27.7 Å². The minimum Gasteiger partial charge on any atom is -0.348 e. The van der Waals surface area contributed by atoms with Crippen molar-refractivity contribution in [3.05, 3.63) is 68.5 Å². The van der Waals surface area contributed by atoms with Crippen LogP contribution in [0.15, 0.2) is 41.3 Å². The van der Waals surface area contributed by atoms with Crippen molar-refractivity contribution in [2.45, 2.75) is 17.9 Å². The zero-order valence-corrected chi connectivity index (χ0v) is 16.0. The lowest BCUT2D eigenvalue weighted by Crippen LogP contribution is -2.42. The van der Waals surface area contributed by atoms with Crippen molar-refractivity contribution in [3.63, 3.8) is 0 Å². The van der Waals surface area contributed by atoms with Crippen molar-refractivity contribution < 1.29 is 22.5 Å². The molecule has 1 aliphatic heterocycles. The molecule has 1 heterocycles. The van der Waals surface area contributed by atoms with Gasteiger partial charge < -0.3 is 5.32 Å². The third-order valence-electron chi connectivity index (χ3n) is 4.31. The summed E-state index contributed by atoms with van der Waals surface area (Å²) < 4.78 is 40.0. The molecule has 2 aromatic rings. The third-order valence-corrected chi connectivity index (χ3v) is 6.59. The van der Waals surface area contributed by atoms with Gasteiger partial charge in [-0.3, -0.25) is 14.9 Å². The third kappa shape index (κ3) is 3.98. The maximum atomic E-state index is 14.1. The molecule has 1 fully saturated rings. The second-order valence-corrected chi connectivity index (χ2v) is 8.43. The number of halogens is 2. The normalized spacial score (nSPS) is 14.4. The van der Waals surface area contributed by atoms with Gasteiger partial charge in [0.25, 0.3) is 11.6 Å². The van der Waals surface area contributed by atoms with Gasteiger partial charge in [0.2, 0.25) is 10.0 Å². The zero-order valence-electron chi connectivity index (χ0n) is 14.4. The highest BCUT2D eigenvalue weighted by molar-refractivity contribution is 7.89. The van der Waals surface area contributed by atoms with E-state index in [1.165, 1.54) is 18.2 Å². The van der Waals surface area contributed by atoms with Gasteiger partial charge in [0, 0.05) is 42.4 Å². The Morgan fingerprint density at radius 1 is 1.25 bits per heavy atom. The molecule has 0 aromatic heterocycles. The number of nitro groups is 1. The first-order chi connectivity index (χ1) is 13.2. The van der Waals surface area contributed by atoms with Gasteiger partial charge in [0.1, 0.15) is 10.7 Å². The molecule has 0 unspecified atom stereocenters. The fraction of sp³-hybridized carbons (Fsp3) is 0.235. The lowest BCUT2D eigenvalue weighted by Gasteiger charge is -2.29. The van der Waals surface area contributed by atoms with Crippen LogP contribution >= 0.6 is 11.6 Å². The van der Waals surface area contributed by atoms with Crippen LogP contribution in [-0.4, -0.2) is 36.6 Å². The molecule has 28 heavy (non-hydrogen) atoms. The molecule has 1 saturated heterocycles. The molecule has 0 radical (unpaired) electrons. The standard InChI is InChI=1S/C17H15ClFN3O5S/c18-14-4-3-13(22(24)25)8-12(14)10-20-17(23)11-2-5-15(19)16(9-11)28(26,27)21-6-1-7-21/h2-5,8-9H,1,6-7,10H2,(H,20,23). The smallest absolute Gasteiger partial charge is 0.269 e. The van der Waals surface area contributed by atoms with Crippen LogP contribution < -0.4 is 5.32 Å². The molecular formula is C17H15ClFN3O5S. The summed E-state index contributed by atoms with van der Waals surface area (Å²) in [6.07, 6.45) is 0.699. The van der Waals surface area contributed by atoms with Crippen LogP contribution in [0.5, 0.6) is 0 Å². The number of amides is 1. The van der Waals surface area contributed by atoms with E-state index < -0.39 is 31.6 Å². The number of hydrogen-bond donors (Lipinski definition) is 1. The van der Waals surface area contributed by atoms with Crippen LogP contribution in [0.25, 0.3) is 0 Å². The minimum absolute atomic E-state index is 0.0537. The Morgan fingerprint density at radius 3 is 2.57 bits per heavy atom. The van der Waals surface area contributed by atoms with Crippen molar-refractivity contribution in [1.29, 1.82) is 0 Å². The van der Waals surface area contributed by atoms with Gasteiger partial charge in [-0.2, -0.15) is 4.31 Å². The fourth-order valence-electron chi connectivity index (χ4n) is 2.60. The lowest BCUT2D eigenvalue weighted by molar-refractivity contribution is -0.384. The SMILES string of the molecule is O=C(NCc1cc([N+](=O)[O-])ccc1Cl)c1ccc(F)c(S(=O)(=O)N2CCC2)c1. The van der Waals surface area contributed by atoms with Gasteiger partial charge in [-0.25, -0.2) is 12.8 Å². The van der Waals surface area contributed by atoms with Crippen molar-refractivity contribution >= 4 is 33.2 Å². The second-order valence-electron chi connectivity index (χ2n) is 6.12. The van der Waals surface area contributed by atoms with Gasteiger partial charge in [0.15, 0.2) is 0 Å². The maximum absolute atomic E-state index is 14.1. The summed E-state index contributed by atoms with van der Waals surface area (Å²) in [5, 5.41) is 13.6. The van der Waals surface area contributed by atoms with Crippen molar-refractivity contribution in [2.24, 2.45) is 0 Å². The minimum atomic E-state index is -4.00. The van der Waals surface area contributed by atoms with Crippen LogP contribution in [0.3, 0.4) is 0 Å². The Kier molecular flexibility index (Phi) is 5.64. The fourth-order valence-corrected chi connectivity index (χ4v) is 4.39. The molecule has 0 atom stereocenters. The molecule has 1 N–H and O–H groups in total. The van der Waals surface area contributed by atoms with E-state index in [0.29, 0.717) is 25.1 Å². The average Bonchev–Trinajstić information content (AvgIpc) is 2.58. The molecule has 1 aliphatic rings. The first kappa shape index (κ1) is 20.2. The summed E-state index contributed by atoms with van der Waals surface area (Å²) in [5.74, 6) is -1.60. The van der Waals surface area contributed by atoms with Crippen LogP contribution in [0, 0.1) is 15.9 Å². The Bertz CT molecular complexity index is 1060. The highest BCUT2D eigenvalue weighted by atomic mass is 35.5. The first-order valence-electron chi connectivity index (χ1n) is 8.21. The number of nitro benzene ring substituents is 1. The molecule has 0 aliphatic carbocycles. The van der Waals surface area contributed by atoms with Crippen LogP contribution in [0.4, 0.5) is 10.1 Å². The van der Waals surface area contributed by atoms with Crippen molar-refractivity contribution in [1.82, 2.24) is 9.62 Å². The van der Waals surface area contributed by atoms with E-state index in [4.69, 9.17) is 11.6 Å². The molecule has 148 valence electrons. The molecule has 0 saturated carbocycles. The number of hydrogen-bond acceptors (Lipinski definition) is 5. The molecule has 0 bridgehead atoms. The Balaban J connectivity index is 1.79. The lowest BCUT2D eigenvalue weighted by atomic mass is 10.1. The quantitative estimate of drug-likeness (QED) is 0.563. The summed E-state index contributed by atoms with van der Waals surface area (Å²) in [6.45, 7) is 0.498. The molecule has 2 aromatic carbocycles. The number of non-ortho nitro benzene ring substituents is 1. The second kappa shape index (κ2) is 7.82. The van der Waals surface area contributed by atoms with Gasteiger partial charge in [-0.1, -0.05) is 11.6 Å². The Hall–Kier alpha value is -2.56. The summed E-state index contributed by atoms with van der Waals surface area (Å²) in [7, 11) is -4.00. The number of carbonyl (C=O) groups excluding carboxylic acids is 1. The first-order valence-corrected chi connectivity index (χ1v) is 10.0. The van der Waals surface area contributed by atoms with E-state index in [2.05, 4.69) is 5.32 Å². The maximum Gasteiger partial charge on any atom is 0.269 e. The summed E-state index contributed by atoms with van der Waals surface area (Å²) in [5.41, 5.74) is 0.0835. The molecular weight excluding hydrogens is 413 g/mol. The van der Waals surface area contributed by atoms with Crippen molar-refractivity contribution in [2.75, 3.05) is 13.1 Å². The van der Waals surface area contributed by atoms with Gasteiger partial charge in [-0.05, 0) is 36.2 Å². The monoisotopic (exact) mass is 427 g/mol. The van der Waals surface area contributed by atoms with Gasteiger partial charge >= 0.3 is 0 Å². The highest BCUT2D eigenvalue weighted by Crippen LogP contribution is 2.25. The van der Waals surface area contributed by atoms with E-state index in [1.807, 2.05) is 0 Å². The zero-order chi connectivity index (χ0) is 20.5. The molecule has 8 nitrogen and oxygen atoms in total. The number of rotatable bonds is 6. The van der Waals surface area contributed by atoms with Crippen molar-refractivity contribution in [3.8, 4) is 0 Å². The van der Waals surface area contributed by atoms with Gasteiger partial charge in [0.05, 0.1) is 4.92 Å². The van der Waals surface area contributed by atoms with Crippen LogP contribution in [-0.2, 0) is 16.6 Å². The van der Waals surface area contributed by atoms with E-state index in [1.54, 1.807) is 0 Å². The van der Waals surface area contributed by atoms with Gasteiger partial charge in [-0.15, -0.1) is 0 Å². The molecule has 3 rings (SSSR count). The van der Waals surface area contributed by atoms with E-state index in [-0.39, 0.29) is 22.8 Å². The topological polar surface area (TPSA) is 110 Å². The van der Waals surface area contributed by atoms with Crippen LogP contribution in [0.2, 0.25) is 5.02 Å². The van der Waals surface area contributed by atoms with E-state index in [0.717, 1.165) is 22.5 Å². The van der Waals surface area contributed by atoms with Crippen LogP contribution in [0.1, 0.15) is 22.3 Å². The Morgan fingerprint density at radius 2 is 1.96 bits per heavy atom. The predicted molar refractivity (Wildman–Crippen MR) is 99.1 cm³/mol. The summed E-state index contributed by atoms with van der Waals surface area (Å²) in [6, 6.07) is 6.87. The number of sulfonamides is 1. The molecule has 11 heteroatoms. The number of benzene rings is 2. The Labute approximate surface area is 165 Å². The highest BCUT2D eigenvalue weighted by Gasteiger charge is 2.32. The number of carbonyl (C=O) groups is 1. The summed E-state index contributed by atoms with van der Waals surface area (Å²) in [4.78, 5) is 22.1. The predicted octanol–water partition coefficient (Wildman–Crippen LogP) is 2.71. The average molecular weight is 428 g/mol.